The molecule has 1 aliphatic heterocycles. The van der Waals surface area contributed by atoms with Crippen LogP contribution in [0.2, 0.25) is 0 Å². The maximum Gasteiger partial charge on any atom is 0.142 e. The summed E-state index contributed by atoms with van der Waals surface area (Å²) in [4.78, 5) is 9.42. The fourth-order valence-electron chi connectivity index (χ4n) is 2.50. The van der Waals surface area contributed by atoms with E-state index in [0.29, 0.717) is 0 Å². The third-order valence-corrected chi connectivity index (χ3v) is 4.17. The van der Waals surface area contributed by atoms with E-state index in [1.165, 1.54) is 25.9 Å². The first-order chi connectivity index (χ1) is 9.31. The topological polar surface area (TPSA) is 45.4 Å². The van der Waals surface area contributed by atoms with Crippen molar-refractivity contribution in [3.8, 4) is 0 Å². The number of rotatable bonds is 5. The zero-order valence-corrected chi connectivity index (χ0v) is 13.0. The van der Waals surface area contributed by atoms with Crippen molar-refractivity contribution < 1.29 is 0 Å². The molecule has 1 saturated heterocycles. The Morgan fingerprint density at radius 3 is 2.89 bits per heavy atom. The normalized spacial score (nSPS) is 17.5. The van der Waals surface area contributed by atoms with Gasteiger partial charge in [-0.05, 0) is 67.0 Å². The lowest BCUT2D eigenvalue weighted by atomic mass is 10.3. The molecule has 0 spiro atoms. The summed E-state index contributed by atoms with van der Waals surface area (Å²) in [6.45, 7) is 6.43. The van der Waals surface area contributed by atoms with Gasteiger partial charge in [0.05, 0.1) is 4.47 Å². The molecule has 2 N–H and O–H groups in total. The zero-order chi connectivity index (χ0) is 13.5. The highest BCUT2D eigenvalue weighted by Gasteiger charge is 2.17. The van der Waals surface area contributed by atoms with Gasteiger partial charge in [-0.1, -0.05) is 0 Å². The van der Waals surface area contributed by atoms with E-state index in [1.807, 2.05) is 12.3 Å². The second-order valence-electron chi connectivity index (χ2n) is 4.99. The SMILES string of the molecule is NCCCCN1CCCN(c2ncccc2Br)CC1. The predicted octanol–water partition coefficient (Wildman–Crippen LogP) is 2.10. The lowest BCUT2D eigenvalue weighted by Crippen LogP contribution is -2.32. The van der Waals surface area contributed by atoms with Crippen LogP contribution in [0.25, 0.3) is 0 Å². The van der Waals surface area contributed by atoms with E-state index in [1.54, 1.807) is 0 Å². The number of hydrogen-bond donors (Lipinski definition) is 1. The number of anilines is 1. The Labute approximate surface area is 124 Å². The summed E-state index contributed by atoms with van der Waals surface area (Å²) in [6.07, 6.45) is 5.41. The van der Waals surface area contributed by atoms with Gasteiger partial charge in [-0.25, -0.2) is 4.98 Å². The van der Waals surface area contributed by atoms with Gasteiger partial charge in [0.25, 0.3) is 0 Å². The lowest BCUT2D eigenvalue weighted by molar-refractivity contribution is 0.288. The molecule has 0 saturated carbocycles. The van der Waals surface area contributed by atoms with E-state index in [0.717, 1.165) is 42.9 Å². The Bertz CT molecular complexity index is 385. The fraction of sp³-hybridized carbons (Fsp3) is 0.643. The second kappa shape index (κ2) is 7.82. The molecule has 1 aromatic heterocycles. The van der Waals surface area contributed by atoms with Gasteiger partial charge in [0, 0.05) is 25.8 Å². The van der Waals surface area contributed by atoms with Gasteiger partial charge in [0.1, 0.15) is 5.82 Å². The molecule has 0 radical (unpaired) electrons. The number of aromatic nitrogens is 1. The first kappa shape index (κ1) is 14.8. The quantitative estimate of drug-likeness (QED) is 0.841. The minimum atomic E-state index is 0.806. The average molecular weight is 327 g/mol. The smallest absolute Gasteiger partial charge is 0.142 e. The number of hydrogen-bond acceptors (Lipinski definition) is 4. The Morgan fingerprint density at radius 2 is 2.11 bits per heavy atom. The number of halogens is 1. The van der Waals surface area contributed by atoms with Gasteiger partial charge >= 0.3 is 0 Å². The molecule has 19 heavy (non-hydrogen) atoms. The zero-order valence-electron chi connectivity index (χ0n) is 11.4. The van der Waals surface area contributed by atoms with Crippen LogP contribution < -0.4 is 10.6 Å². The molecule has 5 heteroatoms. The standard InChI is InChI=1S/C14H23BrN4/c15-13-5-3-7-17-14(13)19-10-4-9-18(11-12-19)8-2-1-6-16/h3,5,7H,1-2,4,6,8-12,16H2. The van der Waals surface area contributed by atoms with Crippen molar-refractivity contribution in [3.05, 3.63) is 22.8 Å². The summed E-state index contributed by atoms with van der Waals surface area (Å²) < 4.78 is 1.09. The molecule has 0 aliphatic carbocycles. The van der Waals surface area contributed by atoms with Crippen molar-refractivity contribution in [1.82, 2.24) is 9.88 Å². The van der Waals surface area contributed by atoms with E-state index in [-0.39, 0.29) is 0 Å². The highest BCUT2D eigenvalue weighted by Crippen LogP contribution is 2.23. The molecule has 1 fully saturated rings. The van der Waals surface area contributed by atoms with E-state index < -0.39 is 0 Å². The highest BCUT2D eigenvalue weighted by molar-refractivity contribution is 9.10. The van der Waals surface area contributed by atoms with Crippen molar-refractivity contribution in [2.24, 2.45) is 5.73 Å². The Hall–Kier alpha value is -0.650. The minimum absolute atomic E-state index is 0.806. The molecule has 106 valence electrons. The third kappa shape index (κ3) is 4.44. The van der Waals surface area contributed by atoms with Gasteiger partial charge in [-0.2, -0.15) is 0 Å². The van der Waals surface area contributed by atoms with Gasteiger partial charge in [-0.3, -0.25) is 0 Å². The van der Waals surface area contributed by atoms with Crippen molar-refractivity contribution in [2.45, 2.75) is 19.3 Å². The Kier molecular flexibility index (Phi) is 6.07. The summed E-state index contributed by atoms with van der Waals surface area (Å²) in [5.74, 6) is 1.08. The molecule has 1 aromatic rings. The summed E-state index contributed by atoms with van der Waals surface area (Å²) in [5.41, 5.74) is 5.55. The molecule has 1 aliphatic rings. The average Bonchev–Trinajstić information content (AvgIpc) is 2.65. The monoisotopic (exact) mass is 326 g/mol. The summed E-state index contributed by atoms with van der Waals surface area (Å²) in [6, 6.07) is 4.02. The molecule has 2 heterocycles. The van der Waals surface area contributed by atoms with Gasteiger partial charge < -0.3 is 15.5 Å². The maximum absolute atomic E-state index is 5.55. The molecule has 4 nitrogen and oxygen atoms in total. The Balaban J connectivity index is 1.88. The predicted molar refractivity (Wildman–Crippen MR) is 83.5 cm³/mol. The van der Waals surface area contributed by atoms with E-state index in [4.69, 9.17) is 5.73 Å². The molecule has 0 amide bonds. The number of unbranched alkanes of at least 4 members (excludes halogenated alkanes) is 1. The van der Waals surface area contributed by atoms with Crippen LogP contribution in [0.3, 0.4) is 0 Å². The van der Waals surface area contributed by atoms with Crippen LogP contribution in [0.4, 0.5) is 5.82 Å². The van der Waals surface area contributed by atoms with Crippen molar-refractivity contribution in [2.75, 3.05) is 44.2 Å². The van der Waals surface area contributed by atoms with Crippen LogP contribution in [0.1, 0.15) is 19.3 Å². The molecule has 2 rings (SSSR count). The van der Waals surface area contributed by atoms with Crippen LogP contribution in [0, 0.1) is 0 Å². The number of nitrogens with zero attached hydrogens (tertiary/aromatic N) is 3. The van der Waals surface area contributed by atoms with Crippen molar-refractivity contribution >= 4 is 21.7 Å². The number of pyridine rings is 1. The minimum Gasteiger partial charge on any atom is -0.354 e. The second-order valence-corrected chi connectivity index (χ2v) is 5.84. The third-order valence-electron chi connectivity index (χ3n) is 3.56. The van der Waals surface area contributed by atoms with E-state index in [9.17, 15) is 0 Å². The van der Waals surface area contributed by atoms with Crippen LogP contribution in [0.5, 0.6) is 0 Å². The molecular weight excluding hydrogens is 304 g/mol. The first-order valence-corrected chi connectivity index (χ1v) is 7.88. The molecular formula is C14H23BrN4. The number of nitrogens with two attached hydrogens (primary N) is 1. The summed E-state index contributed by atoms with van der Waals surface area (Å²) in [7, 11) is 0. The summed E-state index contributed by atoms with van der Waals surface area (Å²) >= 11 is 3.59. The van der Waals surface area contributed by atoms with E-state index >= 15 is 0 Å². The van der Waals surface area contributed by atoms with Crippen LogP contribution in [0.15, 0.2) is 22.8 Å². The van der Waals surface area contributed by atoms with Gasteiger partial charge in [0.2, 0.25) is 0 Å². The molecule has 0 atom stereocenters. The van der Waals surface area contributed by atoms with Crippen LogP contribution in [-0.4, -0.2) is 49.2 Å². The Morgan fingerprint density at radius 1 is 1.21 bits per heavy atom. The van der Waals surface area contributed by atoms with Crippen molar-refractivity contribution in [3.63, 3.8) is 0 Å². The van der Waals surface area contributed by atoms with E-state index in [2.05, 4.69) is 36.8 Å². The maximum atomic E-state index is 5.55. The fourth-order valence-corrected chi connectivity index (χ4v) is 3.00. The molecule has 0 aromatic carbocycles. The van der Waals surface area contributed by atoms with Crippen LogP contribution in [-0.2, 0) is 0 Å². The van der Waals surface area contributed by atoms with Crippen molar-refractivity contribution in [1.29, 1.82) is 0 Å². The largest absolute Gasteiger partial charge is 0.354 e. The highest BCUT2D eigenvalue weighted by atomic mass is 79.9. The molecule has 0 bridgehead atoms. The van der Waals surface area contributed by atoms with Gasteiger partial charge in [0.15, 0.2) is 0 Å². The molecule has 0 unspecified atom stereocenters. The first-order valence-electron chi connectivity index (χ1n) is 7.09. The lowest BCUT2D eigenvalue weighted by Gasteiger charge is -2.23. The summed E-state index contributed by atoms with van der Waals surface area (Å²) in [5, 5.41) is 0. The van der Waals surface area contributed by atoms with Crippen LogP contribution >= 0.6 is 15.9 Å². The van der Waals surface area contributed by atoms with Gasteiger partial charge in [-0.15, -0.1) is 0 Å².